The van der Waals surface area contributed by atoms with Crippen molar-refractivity contribution in [2.45, 2.75) is 180 Å². The van der Waals surface area contributed by atoms with Gasteiger partial charge in [-0.2, -0.15) is 0 Å². The number of hydrogen-bond donors (Lipinski definition) is 1. The smallest absolute Gasteiger partial charge is 0.312 e. The number of ether oxygens (including phenoxy) is 4. The second-order valence-electron chi connectivity index (χ2n) is 17.4. The molecule has 1 N–H and O–H groups in total. The van der Waals surface area contributed by atoms with Gasteiger partial charge in [0.05, 0.1) is 38.1 Å². The van der Waals surface area contributed by atoms with Crippen LogP contribution in [0.25, 0.3) is 0 Å². The maximum atomic E-state index is 11.6. The van der Waals surface area contributed by atoms with Crippen LogP contribution in [0, 0.1) is 40.4 Å². The molecule has 7 rings (SSSR count). The number of alkyl halides is 1. The molecule has 0 radical (unpaired) electrons. The molecule has 1 aliphatic heterocycles. The zero-order valence-electron chi connectivity index (χ0n) is 34.9. The average Bonchev–Trinajstić information content (AvgIpc) is 4.17. The van der Waals surface area contributed by atoms with E-state index in [2.05, 4.69) is 20.7 Å². The first kappa shape index (κ1) is 47.7. The van der Waals surface area contributed by atoms with Crippen LogP contribution in [0.5, 0.6) is 0 Å². The third-order valence-corrected chi connectivity index (χ3v) is 14.2. The number of aliphatic carboxylic acids is 1. The first-order valence-corrected chi connectivity index (χ1v) is 23.4. The quantitative estimate of drug-likeness (QED) is 0.130. The van der Waals surface area contributed by atoms with Crippen LogP contribution in [0.3, 0.4) is 0 Å². The van der Waals surface area contributed by atoms with Gasteiger partial charge in [-0.3, -0.25) is 19.2 Å². The summed E-state index contributed by atoms with van der Waals surface area (Å²) in [5, 5.41) is 9.95. The highest BCUT2D eigenvalue weighted by Crippen LogP contribution is 2.57. The van der Waals surface area contributed by atoms with Crippen LogP contribution in [0.15, 0.2) is 0 Å². The minimum atomic E-state index is -0.533. The van der Waals surface area contributed by atoms with Gasteiger partial charge in [0, 0.05) is 25.0 Å². The molecule has 0 amide bonds. The SMILES string of the molecule is C1CCOC1.COC(=O)C(CCBr)C1CCCCC1.COC(=O)C1(C2CCCCC2)CC1.COC(=O)CC1CCCCC1.O=C(O)C1(C2CCCCC2)CC1. The predicted molar refractivity (Wildman–Crippen MR) is 220 cm³/mol. The maximum absolute atomic E-state index is 11.6. The molecule has 1 saturated heterocycles. The highest BCUT2D eigenvalue weighted by Gasteiger charge is 2.56. The van der Waals surface area contributed by atoms with Crippen molar-refractivity contribution in [2.24, 2.45) is 40.4 Å². The Bertz CT molecular complexity index is 1080. The number of halogens is 1. The molecule has 55 heavy (non-hydrogen) atoms. The Kier molecular flexibility index (Phi) is 22.8. The number of esters is 3. The fourth-order valence-electron chi connectivity index (χ4n) is 9.93. The van der Waals surface area contributed by atoms with Gasteiger partial charge in [-0.1, -0.05) is 93.0 Å². The van der Waals surface area contributed by atoms with Crippen LogP contribution in [-0.4, -0.2) is 68.9 Å². The lowest BCUT2D eigenvalue weighted by Gasteiger charge is -2.28. The van der Waals surface area contributed by atoms with Gasteiger partial charge in [0.25, 0.3) is 0 Å². The van der Waals surface area contributed by atoms with Crippen molar-refractivity contribution in [3.63, 3.8) is 0 Å². The molecule has 0 aromatic heterocycles. The summed E-state index contributed by atoms with van der Waals surface area (Å²) in [4.78, 5) is 45.0. The lowest BCUT2D eigenvalue weighted by molar-refractivity contribution is -0.150. The van der Waals surface area contributed by atoms with Crippen LogP contribution in [-0.2, 0) is 38.1 Å². The van der Waals surface area contributed by atoms with E-state index in [9.17, 15) is 19.2 Å². The minimum absolute atomic E-state index is 0.0173. The molecule has 6 aliphatic carbocycles. The highest BCUT2D eigenvalue weighted by molar-refractivity contribution is 9.09. The molecule has 1 heterocycles. The zero-order chi connectivity index (χ0) is 39.9. The number of carboxylic acid groups (broad SMARTS) is 1. The Balaban J connectivity index is 0.000000189. The van der Waals surface area contributed by atoms with E-state index in [1.165, 1.54) is 150 Å². The van der Waals surface area contributed by atoms with Crippen molar-refractivity contribution in [3.05, 3.63) is 0 Å². The molecular weight excluding hydrogens is 764 g/mol. The molecule has 0 aromatic rings. The van der Waals surface area contributed by atoms with Crippen molar-refractivity contribution in [2.75, 3.05) is 39.9 Å². The van der Waals surface area contributed by atoms with Crippen molar-refractivity contribution < 1.29 is 43.2 Å². The first-order chi connectivity index (χ1) is 26.7. The average molecular weight is 842 g/mol. The standard InChI is InChI=1S/C11H19BrO2.C11H18O2.C10H16O2.C9H16O2.C4H8O/c1-14-11(13)10(7-8-12)9-5-3-2-4-6-9;1-13-10(12)11(7-8-11)9-5-3-2-4-6-9;11-9(12)10(6-7-10)8-4-2-1-3-5-8;1-11-9(10)7-8-5-3-2-4-6-8;1-2-4-5-3-1/h9-10H,2-8H2,1H3;9H,2-8H2,1H3;8H,1-7H2,(H,11,12);8H,2-7H2,1H3;1-4H2. The van der Waals surface area contributed by atoms with E-state index < -0.39 is 5.97 Å². The minimum Gasteiger partial charge on any atom is -0.481 e. The molecule has 0 spiro atoms. The molecule has 1 atom stereocenters. The van der Waals surface area contributed by atoms with Crippen molar-refractivity contribution in [3.8, 4) is 0 Å². The normalized spacial score (nSPS) is 23.9. The Labute approximate surface area is 342 Å². The van der Waals surface area contributed by atoms with Gasteiger partial charge in [0.1, 0.15) is 0 Å². The van der Waals surface area contributed by atoms with E-state index in [0.717, 1.165) is 63.5 Å². The van der Waals surface area contributed by atoms with Crippen LogP contribution >= 0.6 is 15.9 Å². The number of rotatable bonds is 10. The van der Waals surface area contributed by atoms with Crippen molar-refractivity contribution in [1.29, 1.82) is 0 Å². The lowest BCUT2D eigenvalue weighted by Crippen LogP contribution is -2.28. The van der Waals surface area contributed by atoms with Crippen LogP contribution in [0.4, 0.5) is 0 Å². The van der Waals surface area contributed by atoms with Crippen LogP contribution in [0.2, 0.25) is 0 Å². The monoisotopic (exact) mass is 840 g/mol. The molecule has 6 saturated carbocycles. The van der Waals surface area contributed by atoms with Gasteiger partial charge in [-0.15, -0.1) is 0 Å². The molecule has 1 unspecified atom stereocenters. The van der Waals surface area contributed by atoms with E-state index in [1.54, 1.807) is 0 Å². The Morgan fingerprint density at radius 2 is 1.07 bits per heavy atom. The van der Waals surface area contributed by atoms with Gasteiger partial charge < -0.3 is 24.1 Å². The summed E-state index contributed by atoms with van der Waals surface area (Å²) in [5.41, 5.74) is -0.296. The molecule has 7 fully saturated rings. The topological polar surface area (TPSA) is 125 Å². The third-order valence-electron chi connectivity index (χ3n) is 13.7. The summed E-state index contributed by atoms with van der Waals surface area (Å²) in [6, 6.07) is 0. The summed E-state index contributed by atoms with van der Waals surface area (Å²) in [6.07, 6.45) is 33.4. The molecular formula is C45H77BrO9. The molecule has 9 nitrogen and oxygen atoms in total. The molecule has 0 bridgehead atoms. The summed E-state index contributed by atoms with van der Waals surface area (Å²) in [6.45, 7) is 2.00. The Morgan fingerprint density at radius 3 is 1.44 bits per heavy atom. The fourth-order valence-corrected chi connectivity index (χ4v) is 10.4. The maximum Gasteiger partial charge on any atom is 0.312 e. The van der Waals surface area contributed by atoms with E-state index >= 15 is 0 Å². The number of hydrogen-bond acceptors (Lipinski definition) is 8. The number of carbonyl (C=O) groups excluding carboxylic acids is 3. The van der Waals surface area contributed by atoms with Gasteiger partial charge >= 0.3 is 23.9 Å². The van der Waals surface area contributed by atoms with E-state index in [1.807, 2.05) is 0 Å². The third kappa shape index (κ3) is 16.2. The summed E-state index contributed by atoms with van der Waals surface area (Å²) in [5.74, 6) is 1.89. The van der Waals surface area contributed by atoms with E-state index in [-0.39, 0.29) is 34.7 Å². The molecule has 318 valence electrons. The predicted octanol–water partition coefficient (Wildman–Crippen LogP) is 11.0. The van der Waals surface area contributed by atoms with Gasteiger partial charge in [-0.05, 0) is 120 Å². The fraction of sp³-hybridized carbons (Fsp3) is 0.911. The molecule has 7 aliphatic rings. The van der Waals surface area contributed by atoms with Crippen molar-refractivity contribution in [1.82, 2.24) is 0 Å². The lowest BCUT2D eigenvalue weighted by atomic mass is 9.78. The highest BCUT2D eigenvalue weighted by atomic mass is 79.9. The van der Waals surface area contributed by atoms with Gasteiger partial charge in [0.2, 0.25) is 0 Å². The molecule has 0 aromatic carbocycles. The zero-order valence-corrected chi connectivity index (χ0v) is 36.5. The number of methoxy groups -OCH3 is 3. The van der Waals surface area contributed by atoms with Crippen LogP contribution < -0.4 is 0 Å². The van der Waals surface area contributed by atoms with E-state index in [0.29, 0.717) is 30.1 Å². The van der Waals surface area contributed by atoms with Crippen LogP contribution in [0.1, 0.15) is 180 Å². The summed E-state index contributed by atoms with van der Waals surface area (Å²) in [7, 11) is 4.47. The first-order valence-electron chi connectivity index (χ1n) is 22.3. The van der Waals surface area contributed by atoms with E-state index in [4.69, 9.17) is 19.3 Å². The molecule has 10 heteroatoms. The van der Waals surface area contributed by atoms with Gasteiger partial charge in [0.15, 0.2) is 0 Å². The number of carboxylic acids is 1. The largest absolute Gasteiger partial charge is 0.481 e. The number of carbonyl (C=O) groups is 4. The summed E-state index contributed by atoms with van der Waals surface area (Å²) < 4.78 is 19.3. The Hall–Kier alpha value is -1.68. The second-order valence-corrected chi connectivity index (χ2v) is 18.2. The van der Waals surface area contributed by atoms with Crippen molar-refractivity contribution >= 4 is 39.8 Å². The Morgan fingerprint density at radius 1 is 0.618 bits per heavy atom. The second kappa shape index (κ2) is 26.3. The van der Waals surface area contributed by atoms with Gasteiger partial charge in [-0.25, -0.2) is 0 Å². The summed E-state index contributed by atoms with van der Waals surface area (Å²) >= 11 is 3.41.